The van der Waals surface area contributed by atoms with Crippen LogP contribution in [0, 0.1) is 0 Å². The smallest absolute Gasteiger partial charge is 0.237 e. The molecule has 2 unspecified atom stereocenters. The molecular weight excluding hydrogens is 268 g/mol. The average Bonchev–Trinajstić information content (AvgIpc) is 3.05. The van der Waals surface area contributed by atoms with Crippen molar-refractivity contribution in [1.82, 2.24) is 10.1 Å². The van der Waals surface area contributed by atoms with E-state index in [2.05, 4.69) is 10.1 Å². The molecule has 0 bridgehead atoms. The maximum Gasteiger partial charge on any atom is 0.237 e. The minimum absolute atomic E-state index is 0.00862. The molecule has 1 aromatic carbocycles. The molecule has 2 aromatic rings. The van der Waals surface area contributed by atoms with Gasteiger partial charge in [-0.3, -0.25) is 4.79 Å². The Morgan fingerprint density at radius 2 is 2.14 bits per heavy atom. The molecule has 0 spiro atoms. The van der Waals surface area contributed by atoms with Gasteiger partial charge < -0.3 is 9.26 Å². The number of carbonyl (C=O) groups is 1. The molecule has 1 aliphatic rings. The van der Waals surface area contributed by atoms with E-state index < -0.39 is 5.92 Å². The van der Waals surface area contributed by atoms with Crippen LogP contribution in [0.25, 0.3) is 0 Å². The van der Waals surface area contributed by atoms with E-state index in [1.807, 2.05) is 18.2 Å². The van der Waals surface area contributed by atoms with Crippen LogP contribution in [0.4, 0.5) is 0 Å². The van der Waals surface area contributed by atoms with E-state index in [4.69, 9.17) is 9.26 Å². The van der Waals surface area contributed by atoms with Crippen molar-refractivity contribution in [3.63, 3.8) is 0 Å². The molecule has 5 heteroatoms. The Morgan fingerprint density at radius 3 is 2.86 bits per heavy atom. The average molecular weight is 286 g/mol. The van der Waals surface area contributed by atoms with E-state index in [1.165, 1.54) is 0 Å². The highest BCUT2D eigenvalue weighted by atomic mass is 16.5. The van der Waals surface area contributed by atoms with Gasteiger partial charge in [-0.1, -0.05) is 35.5 Å². The summed E-state index contributed by atoms with van der Waals surface area (Å²) in [6.45, 7) is 3.22. The highest BCUT2D eigenvalue weighted by Crippen LogP contribution is 2.25. The van der Waals surface area contributed by atoms with E-state index in [0.29, 0.717) is 23.9 Å². The second-order valence-electron chi connectivity index (χ2n) is 5.36. The summed E-state index contributed by atoms with van der Waals surface area (Å²) >= 11 is 0. The van der Waals surface area contributed by atoms with Crippen LogP contribution in [0.15, 0.2) is 34.9 Å². The van der Waals surface area contributed by atoms with Crippen molar-refractivity contribution in [3.8, 4) is 0 Å². The number of benzene rings is 1. The number of ether oxygens (including phenoxy) is 1. The fourth-order valence-corrected chi connectivity index (χ4v) is 2.50. The first-order valence-corrected chi connectivity index (χ1v) is 7.26. The number of rotatable bonds is 4. The quantitative estimate of drug-likeness (QED) is 0.808. The highest BCUT2D eigenvalue weighted by molar-refractivity contribution is 6.00. The molecule has 0 aliphatic carbocycles. The van der Waals surface area contributed by atoms with Gasteiger partial charge in [0.25, 0.3) is 0 Å². The standard InChI is InChI=1S/C16H18N2O3/c1-11(14(19)12-6-3-2-4-7-12)16-17-15(18-21-16)13-8-5-9-20-10-13/h2-4,6-7,11,13H,5,8-10H2,1H3. The van der Waals surface area contributed by atoms with Crippen molar-refractivity contribution >= 4 is 5.78 Å². The van der Waals surface area contributed by atoms with Crippen molar-refractivity contribution in [2.24, 2.45) is 0 Å². The third-order valence-electron chi connectivity index (χ3n) is 3.80. The summed E-state index contributed by atoms with van der Waals surface area (Å²) in [6, 6.07) is 9.17. The van der Waals surface area contributed by atoms with Gasteiger partial charge in [0.05, 0.1) is 12.5 Å². The fourth-order valence-electron chi connectivity index (χ4n) is 2.50. The Labute approximate surface area is 123 Å². The summed E-state index contributed by atoms with van der Waals surface area (Å²) in [5, 5.41) is 4.02. The van der Waals surface area contributed by atoms with E-state index >= 15 is 0 Å². The summed E-state index contributed by atoms with van der Waals surface area (Å²) in [4.78, 5) is 16.8. The van der Waals surface area contributed by atoms with Crippen LogP contribution in [-0.2, 0) is 4.74 Å². The Kier molecular flexibility index (Phi) is 4.10. The van der Waals surface area contributed by atoms with Gasteiger partial charge in [-0.2, -0.15) is 4.98 Å². The third kappa shape index (κ3) is 3.03. The number of carbonyl (C=O) groups excluding carboxylic acids is 1. The van der Waals surface area contributed by atoms with E-state index in [0.717, 1.165) is 19.4 Å². The molecule has 0 radical (unpaired) electrons. The van der Waals surface area contributed by atoms with Crippen molar-refractivity contribution < 1.29 is 14.1 Å². The second-order valence-corrected chi connectivity index (χ2v) is 5.36. The van der Waals surface area contributed by atoms with Gasteiger partial charge in [0.1, 0.15) is 0 Å². The van der Waals surface area contributed by atoms with Crippen LogP contribution < -0.4 is 0 Å². The summed E-state index contributed by atoms with van der Waals surface area (Å²) in [5.41, 5.74) is 0.658. The first-order valence-electron chi connectivity index (χ1n) is 7.26. The van der Waals surface area contributed by atoms with Crippen LogP contribution in [0.2, 0.25) is 0 Å². The number of aromatic nitrogens is 2. The monoisotopic (exact) mass is 286 g/mol. The van der Waals surface area contributed by atoms with Crippen LogP contribution in [0.3, 0.4) is 0 Å². The van der Waals surface area contributed by atoms with E-state index in [1.54, 1.807) is 19.1 Å². The van der Waals surface area contributed by atoms with Gasteiger partial charge in [0.2, 0.25) is 5.89 Å². The minimum atomic E-state index is -0.432. The fraction of sp³-hybridized carbons (Fsp3) is 0.438. The highest BCUT2D eigenvalue weighted by Gasteiger charge is 2.26. The molecule has 1 aliphatic heterocycles. The number of ketones is 1. The maximum atomic E-state index is 12.4. The second kappa shape index (κ2) is 6.18. The lowest BCUT2D eigenvalue weighted by molar-refractivity contribution is 0.0773. The number of hydrogen-bond acceptors (Lipinski definition) is 5. The van der Waals surface area contributed by atoms with Crippen LogP contribution in [0.1, 0.15) is 53.7 Å². The first-order chi connectivity index (χ1) is 10.3. The lowest BCUT2D eigenvalue weighted by atomic mass is 9.99. The minimum Gasteiger partial charge on any atom is -0.381 e. The summed E-state index contributed by atoms with van der Waals surface area (Å²) in [5.74, 6) is 0.765. The van der Waals surface area contributed by atoms with Gasteiger partial charge in [-0.15, -0.1) is 0 Å². The predicted molar refractivity (Wildman–Crippen MR) is 76.3 cm³/mol. The SMILES string of the molecule is CC(C(=O)c1ccccc1)c1nc(C2CCCOC2)no1. The van der Waals surface area contributed by atoms with Gasteiger partial charge in [-0.25, -0.2) is 0 Å². The zero-order valence-electron chi connectivity index (χ0n) is 12.0. The summed E-state index contributed by atoms with van der Waals surface area (Å²) in [7, 11) is 0. The van der Waals surface area contributed by atoms with E-state index in [9.17, 15) is 4.79 Å². The third-order valence-corrected chi connectivity index (χ3v) is 3.80. The molecule has 0 amide bonds. The van der Waals surface area contributed by atoms with Crippen LogP contribution in [0.5, 0.6) is 0 Å². The molecule has 5 nitrogen and oxygen atoms in total. The van der Waals surface area contributed by atoms with Crippen LogP contribution >= 0.6 is 0 Å². The zero-order chi connectivity index (χ0) is 14.7. The Balaban J connectivity index is 1.74. The Morgan fingerprint density at radius 1 is 1.33 bits per heavy atom. The van der Waals surface area contributed by atoms with Gasteiger partial charge in [0, 0.05) is 18.1 Å². The molecule has 110 valence electrons. The molecule has 21 heavy (non-hydrogen) atoms. The van der Waals surface area contributed by atoms with Crippen molar-refractivity contribution in [2.75, 3.05) is 13.2 Å². The molecule has 0 saturated carbocycles. The molecule has 0 N–H and O–H groups in total. The Bertz CT molecular complexity index is 603. The normalized spacial score (nSPS) is 20.1. The number of nitrogens with zero attached hydrogens (tertiary/aromatic N) is 2. The number of Topliss-reactive ketones (excluding diaryl/α,β-unsaturated/α-hetero) is 1. The zero-order valence-corrected chi connectivity index (χ0v) is 12.0. The molecule has 1 fully saturated rings. The van der Waals surface area contributed by atoms with Gasteiger partial charge in [0.15, 0.2) is 11.6 Å². The summed E-state index contributed by atoms with van der Waals surface area (Å²) in [6.07, 6.45) is 2.01. The first kappa shape index (κ1) is 13.9. The van der Waals surface area contributed by atoms with Crippen molar-refractivity contribution in [1.29, 1.82) is 0 Å². The van der Waals surface area contributed by atoms with Crippen molar-refractivity contribution in [2.45, 2.75) is 31.6 Å². The lowest BCUT2D eigenvalue weighted by Gasteiger charge is -2.18. The largest absolute Gasteiger partial charge is 0.381 e. The molecule has 1 aromatic heterocycles. The maximum absolute atomic E-state index is 12.4. The molecule has 2 heterocycles. The summed E-state index contributed by atoms with van der Waals surface area (Å²) < 4.78 is 10.7. The molecular formula is C16H18N2O3. The van der Waals surface area contributed by atoms with Gasteiger partial charge >= 0.3 is 0 Å². The molecule has 3 rings (SSSR count). The topological polar surface area (TPSA) is 65.2 Å². The van der Waals surface area contributed by atoms with Crippen molar-refractivity contribution in [3.05, 3.63) is 47.6 Å². The van der Waals surface area contributed by atoms with Crippen LogP contribution in [-0.4, -0.2) is 29.1 Å². The molecule has 1 saturated heterocycles. The van der Waals surface area contributed by atoms with E-state index in [-0.39, 0.29) is 11.7 Å². The van der Waals surface area contributed by atoms with Gasteiger partial charge in [-0.05, 0) is 19.8 Å². The number of hydrogen-bond donors (Lipinski definition) is 0. The Hall–Kier alpha value is -2.01. The lowest BCUT2D eigenvalue weighted by Crippen LogP contribution is -2.17. The predicted octanol–water partition coefficient (Wildman–Crippen LogP) is 2.95. The molecule has 2 atom stereocenters.